The van der Waals surface area contributed by atoms with Crippen molar-refractivity contribution in [2.24, 2.45) is 5.14 Å². The first-order chi connectivity index (χ1) is 8.97. The minimum Gasteiger partial charge on any atom is -0.378 e. The molecule has 0 aliphatic carbocycles. The number of hydrogen-bond acceptors (Lipinski definition) is 4. The number of rotatable bonds is 4. The average molecular weight is 342 g/mol. The number of primary sulfonamides is 1. The zero-order valence-corrected chi connectivity index (χ0v) is 12.3. The zero-order chi connectivity index (χ0) is 13.9. The Morgan fingerprint density at radius 3 is 2.63 bits per heavy atom. The Bertz CT molecular complexity index is 675. The Kier molecular flexibility index (Phi) is 4.18. The van der Waals surface area contributed by atoms with Crippen LogP contribution in [0, 0.1) is 0 Å². The summed E-state index contributed by atoms with van der Waals surface area (Å²) < 4.78 is 23.0. The first-order valence-electron chi connectivity index (χ1n) is 5.43. The van der Waals surface area contributed by atoms with Crippen molar-refractivity contribution in [1.29, 1.82) is 0 Å². The van der Waals surface area contributed by atoms with E-state index in [0.717, 1.165) is 11.4 Å². The molecular weight excluding hydrogens is 330 g/mol. The zero-order valence-electron chi connectivity index (χ0n) is 9.88. The maximum atomic E-state index is 11.2. The largest absolute Gasteiger partial charge is 0.378 e. The van der Waals surface area contributed by atoms with E-state index in [4.69, 9.17) is 5.14 Å². The lowest BCUT2D eigenvalue weighted by Gasteiger charge is -2.09. The number of anilines is 1. The van der Waals surface area contributed by atoms with E-state index in [1.807, 2.05) is 18.2 Å². The number of nitrogens with two attached hydrogens (primary N) is 1. The molecule has 0 fully saturated rings. The molecule has 0 atom stereocenters. The molecule has 0 aliphatic heterocycles. The first-order valence-corrected chi connectivity index (χ1v) is 7.77. The molecule has 0 saturated carbocycles. The van der Waals surface area contributed by atoms with Crippen molar-refractivity contribution < 1.29 is 8.42 Å². The Morgan fingerprint density at radius 1 is 1.26 bits per heavy atom. The van der Waals surface area contributed by atoms with Crippen molar-refractivity contribution in [3.63, 3.8) is 0 Å². The van der Waals surface area contributed by atoms with Gasteiger partial charge in [0.1, 0.15) is 0 Å². The summed E-state index contributed by atoms with van der Waals surface area (Å²) in [4.78, 5) is 4.26. The van der Waals surface area contributed by atoms with Gasteiger partial charge in [-0.05, 0) is 46.3 Å². The summed E-state index contributed by atoms with van der Waals surface area (Å²) in [6.07, 6.45) is 1.72. The highest BCUT2D eigenvalue weighted by molar-refractivity contribution is 9.10. The number of pyridine rings is 1. The number of halogens is 1. The van der Waals surface area contributed by atoms with Crippen molar-refractivity contribution in [3.05, 3.63) is 52.8 Å². The molecule has 1 aromatic carbocycles. The molecule has 0 unspecified atom stereocenters. The highest BCUT2D eigenvalue weighted by Crippen LogP contribution is 2.25. The van der Waals surface area contributed by atoms with Crippen LogP contribution >= 0.6 is 15.9 Å². The lowest BCUT2D eigenvalue weighted by molar-refractivity contribution is 0.598. The van der Waals surface area contributed by atoms with Crippen LogP contribution in [0.3, 0.4) is 0 Å². The quantitative estimate of drug-likeness (QED) is 0.891. The van der Waals surface area contributed by atoms with Crippen LogP contribution in [0.2, 0.25) is 0 Å². The van der Waals surface area contributed by atoms with Gasteiger partial charge >= 0.3 is 0 Å². The molecule has 0 aliphatic rings. The van der Waals surface area contributed by atoms with Crippen molar-refractivity contribution in [1.82, 2.24) is 4.98 Å². The van der Waals surface area contributed by atoms with Gasteiger partial charge in [0, 0.05) is 16.4 Å². The molecule has 2 aromatic rings. The lowest BCUT2D eigenvalue weighted by Crippen LogP contribution is -2.12. The van der Waals surface area contributed by atoms with Crippen LogP contribution in [-0.4, -0.2) is 13.4 Å². The molecule has 2 rings (SSSR count). The van der Waals surface area contributed by atoms with Crippen LogP contribution in [0.5, 0.6) is 0 Å². The van der Waals surface area contributed by atoms with E-state index in [0.29, 0.717) is 11.0 Å². The highest BCUT2D eigenvalue weighted by Gasteiger charge is 2.10. The van der Waals surface area contributed by atoms with Crippen LogP contribution in [0.15, 0.2) is 52.0 Å². The highest BCUT2D eigenvalue weighted by atomic mass is 79.9. The molecule has 0 saturated heterocycles. The third-order valence-corrected chi connectivity index (χ3v) is 4.02. The fraction of sp³-hybridized carbons (Fsp3) is 0.0833. The molecule has 19 heavy (non-hydrogen) atoms. The van der Waals surface area contributed by atoms with Gasteiger partial charge in [-0.15, -0.1) is 0 Å². The Hall–Kier alpha value is -1.44. The van der Waals surface area contributed by atoms with Gasteiger partial charge in [-0.3, -0.25) is 4.98 Å². The summed E-state index contributed by atoms with van der Waals surface area (Å²) in [5.74, 6) is 0. The van der Waals surface area contributed by atoms with Crippen molar-refractivity contribution in [2.45, 2.75) is 11.4 Å². The minimum absolute atomic E-state index is 0.0720. The minimum atomic E-state index is -3.68. The van der Waals surface area contributed by atoms with Gasteiger partial charge in [0.05, 0.1) is 17.1 Å². The van der Waals surface area contributed by atoms with E-state index >= 15 is 0 Å². The normalized spacial score (nSPS) is 11.3. The summed E-state index contributed by atoms with van der Waals surface area (Å²) in [6.45, 7) is 0.550. The molecule has 7 heteroatoms. The van der Waals surface area contributed by atoms with Crippen LogP contribution < -0.4 is 10.5 Å². The monoisotopic (exact) mass is 341 g/mol. The Balaban J connectivity index is 2.14. The molecule has 100 valence electrons. The second-order valence-corrected chi connectivity index (χ2v) is 6.28. The van der Waals surface area contributed by atoms with E-state index < -0.39 is 10.0 Å². The third kappa shape index (κ3) is 3.76. The predicted octanol–water partition coefficient (Wildman–Crippen LogP) is 2.10. The van der Waals surface area contributed by atoms with E-state index in [9.17, 15) is 8.42 Å². The maximum absolute atomic E-state index is 11.2. The molecule has 1 aromatic heterocycles. The lowest BCUT2D eigenvalue weighted by atomic mass is 10.3. The van der Waals surface area contributed by atoms with Crippen LogP contribution in [0.4, 0.5) is 5.69 Å². The Labute approximate surface area is 120 Å². The fourth-order valence-corrected chi connectivity index (χ4v) is 2.71. The summed E-state index contributed by atoms with van der Waals surface area (Å²) in [6, 6.07) is 10.2. The third-order valence-electron chi connectivity index (χ3n) is 2.46. The van der Waals surface area contributed by atoms with Crippen molar-refractivity contribution in [2.75, 3.05) is 5.32 Å². The summed E-state index contributed by atoms with van der Waals surface area (Å²) in [5, 5.41) is 8.22. The van der Waals surface area contributed by atoms with Gasteiger partial charge in [0.15, 0.2) is 0 Å². The average Bonchev–Trinajstić information content (AvgIpc) is 2.37. The van der Waals surface area contributed by atoms with E-state index in [2.05, 4.69) is 26.2 Å². The van der Waals surface area contributed by atoms with Crippen molar-refractivity contribution in [3.8, 4) is 0 Å². The van der Waals surface area contributed by atoms with Crippen LogP contribution in [-0.2, 0) is 16.6 Å². The van der Waals surface area contributed by atoms with Gasteiger partial charge in [-0.1, -0.05) is 6.07 Å². The first kappa shape index (κ1) is 14.0. The number of nitrogens with zero attached hydrogens (tertiary/aromatic N) is 1. The number of aromatic nitrogens is 1. The molecule has 3 N–H and O–H groups in total. The second kappa shape index (κ2) is 5.68. The van der Waals surface area contributed by atoms with Gasteiger partial charge in [0.25, 0.3) is 0 Å². The SMILES string of the molecule is NS(=O)(=O)c1ccc(NCc2ccccn2)c(Br)c1. The molecule has 0 radical (unpaired) electrons. The van der Waals surface area contributed by atoms with E-state index in [-0.39, 0.29) is 4.90 Å². The molecule has 0 spiro atoms. The standard InChI is InChI=1S/C12H12BrN3O2S/c13-11-7-10(19(14,17)18)4-5-12(11)16-8-9-3-1-2-6-15-9/h1-7,16H,8H2,(H2,14,17,18). The summed E-state index contributed by atoms with van der Waals surface area (Å²) in [7, 11) is -3.68. The molecule has 0 amide bonds. The van der Waals surface area contributed by atoms with Crippen molar-refractivity contribution >= 4 is 31.6 Å². The van der Waals surface area contributed by atoms with Gasteiger partial charge < -0.3 is 5.32 Å². The number of nitrogens with one attached hydrogen (secondary N) is 1. The topological polar surface area (TPSA) is 85.1 Å². The van der Waals surface area contributed by atoms with E-state index in [1.165, 1.54) is 12.1 Å². The molecule has 1 heterocycles. The molecule has 0 bridgehead atoms. The second-order valence-electron chi connectivity index (χ2n) is 3.86. The molecule has 5 nitrogen and oxygen atoms in total. The summed E-state index contributed by atoms with van der Waals surface area (Å²) >= 11 is 3.31. The summed E-state index contributed by atoms with van der Waals surface area (Å²) in [5.41, 5.74) is 1.67. The maximum Gasteiger partial charge on any atom is 0.238 e. The number of benzene rings is 1. The number of sulfonamides is 1. The Morgan fingerprint density at radius 2 is 2.05 bits per heavy atom. The van der Waals surface area contributed by atoms with E-state index in [1.54, 1.807) is 12.3 Å². The van der Waals surface area contributed by atoms with Gasteiger partial charge in [-0.25, -0.2) is 13.6 Å². The van der Waals surface area contributed by atoms with Gasteiger partial charge in [-0.2, -0.15) is 0 Å². The van der Waals surface area contributed by atoms with Gasteiger partial charge in [0.2, 0.25) is 10.0 Å². The fourth-order valence-electron chi connectivity index (χ4n) is 1.50. The van der Waals surface area contributed by atoms with Crippen LogP contribution in [0.25, 0.3) is 0 Å². The predicted molar refractivity (Wildman–Crippen MR) is 77.1 cm³/mol. The number of hydrogen-bond donors (Lipinski definition) is 2. The smallest absolute Gasteiger partial charge is 0.238 e. The molecular formula is C12H12BrN3O2S. The van der Waals surface area contributed by atoms with Crippen LogP contribution in [0.1, 0.15) is 5.69 Å².